The summed E-state index contributed by atoms with van der Waals surface area (Å²) in [4.78, 5) is 14.9. The monoisotopic (exact) mass is 378 g/mol. The number of carbonyl (C=O) groups excluding carboxylic acids is 1. The number of aromatic nitrogens is 1. The standard InChI is InChI=1S/C24H30N2O2/c1-4-24-11-7-12-25-13-10-19-18-8-5-6-9-20(18)26(21(19)22(24)25)17(14-24)15-28-23(27)16(2)3/h5-6,8-9,14,16,22H,4,7,10-13,15H2,1-3H3/t22-,24+/m1/s1. The van der Waals surface area contributed by atoms with Crippen molar-refractivity contribution < 1.29 is 9.53 Å². The summed E-state index contributed by atoms with van der Waals surface area (Å²) >= 11 is 0. The first-order chi connectivity index (χ1) is 13.6. The van der Waals surface area contributed by atoms with Crippen LogP contribution in [0, 0.1) is 11.3 Å². The molecule has 1 fully saturated rings. The maximum absolute atomic E-state index is 12.2. The second-order valence-electron chi connectivity index (χ2n) is 8.99. The van der Waals surface area contributed by atoms with Crippen molar-refractivity contribution in [2.75, 3.05) is 19.7 Å². The van der Waals surface area contributed by atoms with Crippen LogP contribution >= 0.6 is 0 Å². The average Bonchev–Trinajstić information content (AvgIpc) is 3.06. The van der Waals surface area contributed by atoms with Crippen molar-refractivity contribution in [1.82, 2.24) is 9.47 Å². The van der Waals surface area contributed by atoms with Crippen LogP contribution in [-0.4, -0.2) is 35.1 Å². The lowest BCUT2D eigenvalue weighted by Crippen LogP contribution is -2.50. The first kappa shape index (κ1) is 18.0. The van der Waals surface area contributed by atoms with Gasteiger partial charge in [-0.2, -0.15) is 0 Å². The van der Waals surface area contributed by atoms with Gasteiger partial charge in [-0.15, -0.1) is 0 Å². The van der Waals surface area contributed by atoms with Crippen LogP contribution in [0.4, 0.5) is 0 Å². The summed E-state index contributed by atoms with van der Waals surface area (Å²) < 4.78 is 8.16. The molecule has 0 N–H and O–H groups in total. The molecule has 0 unspecified atom stereocenters. The van der Waals surface area contributed by atoms with Crippen LogP contribution in [0.15, 0.2) is 30.3 Å². The molecule has 1 aromatic heterocycles. The van der Waals surface area contributed by atoms with Gasteiger partial charge in [0, 0.05) is 23.0 Å². The maximum Gasteiger partial charge on any atom is 0.308 e. The van der Waals surface area contributed by atoms with Crippen molar-refractivity contribution in [3.8, 4) is 0 Å². The molecule has 4 nitrogen and oxygen atoms in total. The van der Waals surface area contributed by atoms with Gasteiger partial charge in [0.05, 0.1) is 23.2 Å². The predicted molar refractivity (Wildman–Crippen MR) is 112 cm³/mol. The summed E-state index contributed by atoms with van der Waals surface area (Å²) in [5, 5.41) is 1.37. The molecule has 2 aromatic rings. The molecule has 4 heteroatoms. The van der Waals surface area contributed by atoms with Gasteiger partial charge in [0.25, 0.3) is 0 Å². The highest BCUT2D eigenvalue weighted by molar-refractivity contribution is 5.90. The Hall–Kier alpha value is -2.07. The van der Waals surface area contributed by atoms with E-state index < -0.39 is 0 Å². The minimum absolute atomic E-state index is 0.0995. The molecule has 3 aliphatic heterocycles. The Bertz CT molecular complexity index is 970. The Labute approximate surface area is 167 Å². The van der Waals surface area contributed by atoms with Gasteiger partial charge in [0.15, 0.2) is 0 Å². The quantitative estimate of drug-likeness (QED) is 0.718. The molecule has 5 rings (SSSR count). The average molecular weight is 379 g/mol. The zero-order chi connectivity index (χ0) is 19.5. The molecule has 3 aliphatic rings. The van der Waals surface area contributed by atoms with E-state index in [4.69, 9.17) is 4.74 Å². The molecule has 0 spiro atoms. The van der Waals surface area contributed by atoms with E-state index in [0.717, 1.165) is 25.1 Å². The van der Waals surface area contributed by atoms with Crippen LogP contribution in [-0.2, 0) is 16.0 Å². The molecule has 0 bridgehead atoms. The highest BCUT2D eigenvalue weighted by Crippen LogP contribution is 2.56. The van der Waals surface area contributed by atoms with Crippen molar-refractivity contribution >= 4 is 22.6 Å². The van der Waals surface area contributed by atoms with E-state index in [9.17, 15) is 4.79 Å². The molecule has 0 amide bonds. The Morgan fingerprint density at radius 3 is 2.89 bits per heavy atom. The SMILES string of the molecule is CC[C@@]12C=C(COC(=O)C(C)C)n3c4c(c5ccccc53)CCN(CCC1)[C@H]42. The highest BCUT2D eigenvalue weighted by Gasteiger charge is 2.50. The van der Waals surface area contributed by atoms with E-state index in [-0.39, 0.29) is 17.3 Å². The summed E-state index contributed by atoms with van der Waals surface area (Å²) in [5.41, 5.74) is 5.53. The van der Waals surface area contributed by atoms with Crippen LogP contribution in [0.25, 0.3) is 16.6 Å². The molecule has 148 valence electrons. The largest absolute Gasteiger partial charge is 0.459 e. The molecule has 0 saturated carbocycles. The van der Waals surface area contributed by atoms with Gasteiger partial charge in [-0.05, 0) is 43.9 Å². The first-order valence-corrected chi connectivity index (χ1v) is 10.8. The number of para-hydroxylation sites is 1. The topological polar surface area (TPSA) is 34.5 Å². The number of carbonyl (C=O) groups is 1. The smallest absolute Gasteiger partial charge is 0.308 e. The third-order valence-electron chi connectivity index (χ3n) is 7.16. The lowest BCUT2D eigenvalue weighted by molar-refractivity contribution is -0.145. The van der Waals surface area contributed by atoms with E-state index in [0.29, 0.717) is 12.6 Å². The second-order valence-corrected chi connectivity index (χ2v) is 8.99. The summed E-state index contributed by atoms with van der Waals surface area (Å²) in [6, 6.07) is 9.20. The van der Waals surface area contributed by atoms with Crippen molar-refractivity contribution in [3.63, 3.8) is 0 Å². The fraction of sp³-hybridized carbons (Fsp3) is 0.542. The van der Waals surface area contributed by atoms with E-state index in [2.05, 4.69) is 46.7 Å². The highest BCUT2D eigenvalue weighted by atomic mass is 16.5. The molecule has 0 aliphatic carbocycles. The minimum atomic E-state index is -0.121. The van der Waals surface area contributed by atoms with Crippen LogP contribution < -0.4 is 0 Å². The number of rotatable bonds is 4. The van der Waals surface area contributed by atoms with E-state index in [1.165, 1.54) is 41.5 Å². The Kier molecular flexibility index (Phi) is 4.16. The van der Waals surface area contributed by atoms with Gasteiger partial charge in [-0.25, -0.2) is 0 Å². The molecular formula is C24H30N2O2. The summed E-state index contributed by atoms with van der Waals surface area (Å²) in [6.07, 6.45) is 7.16. The van der Waals surface area contributed by atoms with Crippen LogP contribution in [0.5, 0.6) is 0 Å². The van der Waals surface area contributed by atoms with Gasteiger partial charge in [-0.3, -0.25) is 9.69 Å². The Morgan fingerprint density at radius 2 is 2.11 bits per heavy atom. The van der Waals surface area contributed by atoms with Crippen molar-refractivity contribution in [1.29, 1.82) is 0 Å². The van der Waals surface area contributed by atoms with Gasteiger partial charge < -0.3 is 9.30 Å². The minimum Gasteiger partial charge on any atom is -0.459 e. The molecule has 4 heterocycles. The number of hydrogen-bond donors (Lipinski definition) is 0. The number of benzene rings is 1. The zero-order valence-electron chi connectivity index (χ0n) is 17.2. The molecular weight excluding hydrogens is 348 g/mol. The van der Waals surface area contributed by atoms with Crippen molar-refractivity contribution in [2.24, 2.45) is 11.3 Å². The van der Waals surface area contributed by atoms with Crippen molar-refractivity contribution in [2.45, 2.75) is 52.5 Å². The van der Waals surface area contributed by atoms with Gasteiger partial charge >= 0.3 is 5.97 Å². The summed E-state index contributed by atoms with van der Waals surface area (Å²) in [7, 11) is 0. The predicted octanol–water partition coefficient (Wildman–Crippen LogP) is 4.78. The van der Waals surface area contributed by atoms with Gasteiger partial charge in [0.1, 0.15) is 6.61 Å². The van der Waals surface area contributed by atoms with E-state index >= 15 is 0 Å². The van der Waals surface area contributed by atoms with Gasteiger partial charge in [-0.1, -0.05) is 45.0 Å². The Morgan fingerprint density at radius 1 is 1.29 bits per heavy atom. The van der Waals surface area contributed by atoms with Crippen molar-refractivity contribution in [3.05, 3.63) is 41.6 Å². The molecule has 1 aromatic carbocycles. The third-order valence-corrected chi connectivity index (χ3v) is 7.16. The zero-order valence-corrected chi connectivity index (χ0v) is 17.2. The fourth-order valence-electron chi connectivity index (χ4n) is 5.81. The lowest BCUT2D eigenvalue weighted by Gasteiger charge is -2.53. The fourth-order valence-corrected chi connectivity index (χ4v) is 5.81. The van der Waals surface area contributed by atoms with E-state index in [1.807, 2.05) is 13.8 Å². The summed E-state index contributed by atoms with van der Waals surface area (Å²) in [6.45, 7) is 8.82. The van der Waals surface area contributed by atoms with Gasteiger partial charge in [0.2, 0.25) is 0 Å². The molecule has 0 radical (unpaired) electrons. The summed E-state index contributed by atoms with van der Waals surface area (Å²) in [5.74, 6) is -0.221. The molecule has 28 heavy (non-hydrogen) atoms. The number of nitrogens with zero attached hydrogens (tertiary/aromatic N) is 2. The lowest BCUT2D eigenvalue weighted by atomic mass is 9.66. The number of fused-ring (bicyclic) bond motifs is 3. The van der Waals surface area contributed by atoms with Crippen LogP contribution in [0.1, 0.15) is 57.3 Å². The van der Waals surface area contributed by atoms with Crippen LogP contribution in [0.3, 0.4) is 0 Å². The number of piperidine rings is 1. The Balaban J connectivity index is 1.71. The maximum atomic E-state index is 12.2. The first-order valence-electron chi connectivity index (χ1n) is 10.8. The second kappa shape index (κ2) is 6.48. The number of hydrogen-bond acceptors (Lipinski definition) is 3. The third kappa shape index (κ3) is 2.43. The van der Waals surface area contributed by atoms with Crippen LogP contribution in [0.2, 0.25) is 0 Å². The number of ether oxygens (including phenoxy) is 1. The van der Waals surface area contributed by atoms with E-state index in [1.54, 1.807) is 0 Å². The number of esters is 1. The molecule has 2 atom stereocenters. The molecule has 1 saturated heterocycles. The normalized spacial score (nSPS) is 26.3.